The number of anilines is 3. The van der Waals surface area contributed by atoms with E-state index < -0.39 is 11.7 Å². The molecule has 1 saturated carbocycles. The van der Waals surface area contributed by atoms with E-state index in [1.807, 2.05) is 18.2 Å². The van der Waals surface area contributed by atoms with Crippen molar-refractivity contribution in [3.8, 4) is 0 Å². The highest BCUT2D eigenvalue weighted by atomic mass is 19.4. The van der Waals surface area contributed by atoms with E-state index in [0.717, 1.165) is 67.1 Å². The number of alkyl halides is 3. The van der Waals surface area contributed by atoms with Crippen molar-refractivity contribution in [1.29, 1.82) is 0 Å². The molecule has 0 aromatic heterocycles. The largest absolute Gasteiger partial charge is 0.416 e. The van der Waals surface area contributed by atoms with Crippen LogP contribution in [0.4, 0.5) is 30.2 Å². The number of carbonyl (C=O) groups excluding carboxylic acids is 1. The van der Waals surface area contributed by atoms with Crippen LogP contribution in [0.3, 0.4) is 0 Å². The summed E-state index contributed by atoms with van der Waals surface area (Å²) < 4.78 is 38.4. The molecule has 190 valence electrons. The van der Waals surface area contributed by atoms with Gasteiger partial charge < -0.3 is 15.5 Å². The molecule has 0 atom stereocenters. The smallest absolute Gasteiger partial charge is 0.381 e. The Hall–Kier alpha value is -2.70. The van der Waals surface area contributed by atoms with Crippen molar-refractivity contribution in [2.75, 3.05) is 28.6 Å². The minimum absolute atomic E-state index is 0.0688. The molecule has 2 fully saturated rings. The summed E-state index contributed by atoms with van der Waals surface area (Å²) in [5.41, 5.74) is 2.86. The van der Waals surface area contributed by atoms with Crippen LogP contribution in [0.25, 0.3) is 0 Å². The standard InChI is InChI=1S/C28H36F3N3O/c29-28(30,31)23-12-9-22(10-13-23)20-32-24-14-15-25(26(19-24)34-17-5-2-6-18-34)33-27(35)16-11-21-7-3-1-4-8-21/h9-10,12-15,19,21,32H,1-8,11,16-18,20H2,(H,33,35). The van der Waals surface area contributed by atoms with Gasteiger partial charge in [-0.05, 0) is 67.5 Å². The van der Waals surface area contributed by atoms with Gasteiger partial charge in [-0.1, -0.05) is 44.2 Å². The van der Waals surface area contributed by atoms with Gasteiger partial charge in [0.25, 0.3) is 0 Å². The average molecular weight is 488 g/mol. The second-order valence-corrected chi connectivity index (χ2v) is 9.92. The maximum atomic E-state index is 12.8. The number of amides is 1. The van der Waals surface area contributed by atoms with Crippen LogP contribution in [0.5, 0.6) is 0 Å². The van der Waals surface area contributed by atoms with Gasteiger partial charge in [0.1, 0.15) is 0 Å². The minimum atomic E-state index is -4.33. The number of benzene rings is 2. The number of rotatable bonds is 8. The lowest BCUT2D eigenvalue weighted by Crippen LogP contribution is -2.30. The molecule has 1 aliphatic heterocycles. The van der Waals surface area contributed by atoms with Gasteiger partial charge in [-0.2, -0.15) is 13.2 Å². The highest BCUT2D eigenvalue weighted by molar-refractivity contribution is 5.95. The fraction of sp³-hybridized carbons (Fsp3) is 0.536. The van der Waals surface area contributed by atoms with Gasteiger partial charge in [0.15, 0.2) is 0 Å². The van der Waals surface area contributed by atoms with E-state index in [1.54, 1.807) is 0 Å². The van der Waals surface area contributed by atoms with Crippen LogP contribution in [-0.2, 0) is 17.5 Å². The normalized spacial score (nSPS) is 17.3. The molecule has 4 nitrogen and oxygen atoms in total. The summed E-state index contributed by atoms with van der Waals surface area (Å²) in [6.45, 7) is 2.32. The first-order valence-electron chi connectivity index (χ1n) is 13.0. The summed E-state index contributed by atoms with van der Waals surface area (Å²) in [7, 11) is 0. The molecular weight excluding hydrogens is 451 g/mol. The molecule has 1 amide bonds. The summed E-state index contributed by atoms with van der Waals surface area (Å²) in [5, 5.41) is 6.48. The zero-order valence-electron chi connectivity index (χ0n) is 20.3. The summed E-state index contributed by atoms with van der Waals surface area (Å²) in [6.07, 6.45) is 7.01. The molecule has 35 heavy (non-hydrogen) atoms. The molecule has 0 spiro atoms. The zero-order chi connectivity index (χ0) is 24.7. The number of nitrogens with one attached hydrogen (secondary N) is 2. The number of nitrogens with zero attached hydrogens (tertiary/aromatic N) is 1. The van der Waals surface area contributed by atoms with E-state index in [-0.39, 0.29) is 5.91 Å². The molecule has 4 rings (SSSR count). The van der Waals surface area contributed by atoms with E-state index in [1.165, 1.54) is 50.7 Å². The number of hydrogen-bond donors (Lipinski definition) is 2. The Morgan fingerprint density at radius 2 is 1.60 bits per heavy atom. The lowest BCUT2D eigenvalue weighted by Gasteiger charge is -2.31. The Labute approximate surface area is 206 Å². The number of piperidine rings is 1. The number of hydrogen-bond acceptors (Lipinski definition) is 3. The first-order valence-corrected chi connectivity index (χ1v) is 13.0. The van der Waals surface area contributed by atoms with Crippen molar-refractivity contribution in [2.24, 2.45) is 5.92 Å². The number of carbonyl (C=O) groups is 1. The van der Waals surface area contributed by atoms with Crippen LogP contribution in [-0.4, -0.2) is 19.0 Å². The predicted octanol–water partition coefficient (Wildman–Crippen LogP) is 7.61. The third-order valence-electron chi connectivity index (χ3n) is 7.25. The van der Waals surface area contributed by atoms with Crippen molar-refractivity contribution in [3.63, 3.8) is 0 Å². The highest BCUT2D eigenvalue weighted by Gasteiger charge is 2.29. The lowest BCUT2D eigenvalue weighted by molar-refractivity contribution is -0.137. The SMILES string of the molecule is O=C(CCC1CCCCC1)Nc1ccc(NCc2ccc(C(F)(F)F)cc2)cc1N1CCCCC1. The summed E-state index contributed by atoms with van der Waals surface area (Å²) >= 11 is 0. The van der Waals surface area contributed by atoms with Gasteiger partial charge in [-0.25, -0.2) is 0 Å². The molecule has 2 N–H and O–H groups in total. The molecule has 0 bridgehead atoms. The molecule has 7 heteroatoms. The molecule has 2 aromatic rings. The van der Waals surface area contributed by atoms with Crippen molar-refractivity contribution in [2.45, 2.75) is 76.9 Å². The van der Waals surface area contributed by atoms with Gasteiger partial charge in [0.05, 0.1) is 16.9 Å². The van der Waals surface area contributed by atoms with Gasteiger partial charge in [0.2, 0.25) is 5.91 Å². The van der Waals surface area contributed by atoms with E-state index in [9.17, 15) is 18.0 Å². The van der Waals surface area contributed by atoms with Crippen molar-refractivity contribution in [3.05, 3.63) is 53.6 Å². The first kappa shape index (κ1) is 25.4. The third kappa shape index (κ3) is 7.39. The molecule has 1 aliphatic carbocycles. The first-order chi connectivity index (χ1) is 16.9. The molecule has 0 unspecified atom stereocenters. The minimum Gasteiger partial charge on any atom is -0.381 e. The fourth-order valence-corrected chi connectivity index (χ4v) is 5.18. The Kier molecular flexibility index (Phi) is 8.58. The van der Waals surface area contributed by atoms with E-state index in [4.69, 9.17) is 0 Å². The Balaban J connectivity index is 1.41. The summed E-state index contributed by atoms with van der Waals surface area (Å²) in [5.74, 6) is 0.743. The van der Waals surface area contributed by atoms with E-state index >= 15 is 0 Å². The molecule has 0 radical (unpaired) electrons. The molecule has 2 aromatic carbocycles. The van der Waals surface area contributed by atoms with Crippen LogP contribution in [0.1, 0.15) is 75.3 Å². The topological polar surface area (TPSA) is 44.4 Å². The van der Waals surface area contributed by atoms with E-state index in [2.05, 4.69) is 15.5 Å². The average Bonchev–Trinajstić information content (AvgIpc) is 2.88. The van der Waals surface area contributed by atoms with Gasteiger partial charge in [-0.15, -0.1) is 0 Å². The van der Waals surface area contributed by atoms with Gasteiger partial charge >= 0.3 is 6.18 Å². The van der Waals surface area contributed by atoms with Crippen molar-refractivity contribution >= 4 is 23.0 Å². The quantitative estimate of drug-likeness (QED) is 0.403. The zero-order valence-corrected chi connectivity index (χ0v) is 20.3. The van der Waals surface area contributed by atoms with Gasteiger partial charge in [-0.3, -0.25) is 4.79 Å². The predicted molar refractivity (Wildman–Crippen MR) is 136 cm³/mol. The second kappa shape index (κ2) is 11.8. The molecule has 1 heterocycles. The number of halogens is 3. The third-order valence-corrected chi connectivity index (χ3v) is 7.25. The Bertz CT molecular complexity index is 962. The van der Waals surface area contributed by atoms with Crippen LogP contribution in [0, 0.1) is 5.92 Å². The van der Waals surface area contributed by atoms with Crippen LogP contribution < -0.4 is 15.5 Å². The maximum absolute atomic E-state index is 12.8. The van der Waals surface area contributed by atoms with Gasteiger partial charge in [0, 0.05) is 31.7 Å². The van der Waals surface area contributed by atoms with Crippen LogP contribution >= 0.6 is 0 Å². The lowest BCUT2D eigenvalue weighted by atomic mass is 9.86. The Morgan fingerprint density at radius 1 is 0.914 bits per heavy atom. The second-order valence-electron chi connectivity index (χ2n) is 9.92. The summed E-state index contributed by atoms with van der Waals surface area (Å²) in [6, 6.07) is 11.1. The van der Waals surface area contributed by atoms with E-state index in [0.29, 0.717) is 18.9 Å². The fourth-order valence-electron chi connectivity index (χ4n) is 5.18. The maximum Gasteiger partial charge on any atom is 0.416 e. The van der Waals surface area contributed by atoms with Crippen molar-refractivity contribution in [1.82, 2.24) is 0 Å². The monoisotopic (exact) mass is 487 g/mol. The molecule has 2 aliphatic rings. The summed E-state index contributed by atoms with van der Waals surface area (Å²) in [4.78, 5) is 15.1. The van der Waals surface area contributed by atoms with Crippen LogP contribution in [0.15, 0.2) is 42.5 Å². The van der Waals surface area contributed by atoms with Crippen molar-refractivity contribution < 1.29 is 18.0 Å². The van der Waals surface area contributed by atoms with Crippen LogP contribution in [0.2, 0.25) is 0 Å². The Morgan fingerprint density at radius 3 is 2.29 bits per heavy atom. The molecule has 1 saturated heterocycles. The highest BCUT2D eigenvalue weighted by Crippen LogP contribution is 2.33. The molecular formula is C28H36F3N3O.